The maximum Gasteiger partial charge on any atom is 0.646 e. The molecule has 0 aliphatic rings. The molecule has 1 unspecified atom stereocenters. The van der Waals surface area contributed by atoms with Gasteiger partial charge in [0.1, 0.15) is 0 Å². The third-order valence-corrected chi connectivity index (χ3v) is 1.23. The summed E-state index contributed by atoms with van der Waals surface area (Å²) in [5, 5.41) is 0. The second kappa shape index (κ2) is 2.21. The van der Waals surface area contributed by atoms with Crippen molar-refractivity contribution in [1.82, 2.24) is 0 Å². The predicted molar refractivity (Wildman–Crippen MR) is 20.1 cm³/mol. The molecule has 0 spiro atoms. The summed E-state index contributed by atoms with van der Waals surface area (Å²) in [6.45, 7) is 0. The molecule has 0 saturated carbocycles. The number of alkyl halides is 3. The fraction of sp³-hybridized carbons (Fsp3) is 1.00. The largest absolute Gasteiger partial charge is 0.646 e. The first-order valence-electron chi connectivity index (χ1n) is 1.51. The first-order valence-corrected chi connectivity index (χ1v) is 2.92. The number of halogens is 3. The number of rotatable bonds is 1. The maximum absolute atomic E-state index is 11.0. The van der Waals surface area contributed by atoms with E-state index in [0.29, 0.717) is 0 Å². The van der Waals surface area contributed by atoms with E-state index in [4.69, 9.17) is 0 Å². The monoisotopic (exact) mass is 165 g/mol. The lowest BCUT2D eigenvalue weighted by Gasteiger charge is -1.96. The molecule has 55 valence electrons. The molecule has 9 heavy (non-hydrogen) atoms. The Kier molecular flexibility index (Phi) is 2.17. The van der Waals surface area contributed by atoms with Gasteiger partial charge in [0.25, 0.3) is 0 Å². The average molecular weight is 165 g/mol. The van der Waals surface area contributed by atoms with E-state index in [1.165, 1.54) is 0 Å². The first-order chi connectivity index (χ1) is 3.81. The lowest BCUT2D eigenvalue weighted by Crippen LogP contribution is -2.32. The Morgan fingerprint density at radius 2 is 1.78 bits per heavy atom. The molecule has 0 heterocycles. The highest BCUT2D eigenvalue weighted by molar-refractivity contribution is 7.93. The van der Waals surface area contributed by atoms with Crippen LogP contribution in [0.4, 0.5) is 13.2 Å². The van der Waals surface area contributed by atoms with Gasteiger partial charge >= 0.3 is 16.0 Å². The zero-order valence-electron chi connectivity index (χ0n) is 3.84. The lowest BCUT2D eigenvalue weighted by atomic mass is 11.6. The van der Waals surface area contributed by atoms with Gasteiger partial charge in [-0.15, -0.1) is 13.2 Å². The SMILES string of the molecule is NO[S+]([O])(=O)C(F)(F)F. The van der Waals surface area contributed by atoms with Gasteiger partial charge in [0.15, 0.2) is 0 Å². The summed E-state index contributed by atoms with van der Waals surface area (Å²) in [6, 6.07) is 0. The third-order valence-electron chi connectivity index (χ3n) is 0.410. The van der Waals surface area contributed by atoms with Gasteiger partial charge in [-0.1, -0.05) is 0 Å². The van der Waals surface area contributed by atoms with Gasteiger partial charge in [0, 0.05) is 0 Å². The minimum Gasteiger partial charge on any atom is -0.160 e. The van der Waals surface area contributed by atoms with Crippen LogP contribution in [0.3, 0.4) is 0 Å². The highest BCUT2D eigenvalue weighted by Gasteiger charge is 2.64. The molecule has 0 aromatic carbocycles. The van der Waals surface area contributed by atoms with Gasteiger partial charge in [-0.05, 0) is 8.49 Å². The molecule has 4 nitrogen and oxygen atoms in total. The number of hydrogen-bond acceptors (Lipinski definition) is 3. The van der Waals surface area contributed by atoms with Crippen LogP contribution < -0.4 is 5.90 Å². The van der Waals surface area contributed by atoms with E-state index in [-0.39, 0.29) is 0 Å². The second-order valence-corrected chi connectivity index (χ2v) is 2.56. The van der Waals surface area contributed by atoms with Crippen molar-refractivity contribution >= 4 is 10.5 Å². The van der Waals surface area contributed by atoms with Gasteiger partial charge in [-0.3, -0.25) is 0 Å². The van der Waals surface area contributed by atoms with Crippen LogP contribution in [0.2, 0.25) is 0 Å². The minimum absolute atomic E-state index is 2.65. The Balaban J connectivity index is 4.35. The fourth-order valence-corrected chi connectivity index (χ4v) is 0.164. The molecule has 0 aliphatic carbocycles. The Morgan fingerprint density at radius 3 is 1.78 bits per heavy atom. The quantitative estimate of drug-likeness (QED) is 0.444. The van der Waals surface area contributed by atoms with Crippen molar-refractivity contribution in [3.8, 4) is 0 Å². The van der Waals surface area contributed by atoms with E-state index >= 15 is 0 Å². The molecule has 8 heteroatoms. The van der Waals surface area contributed by atoms with Crippen molar-refractivity contribution in [1.29, 1.82) is 0 Å². The van der Waals surface area contributed by atoms with E-state index in [9.17, 15) is 21.9 Å². The van der Waals surface area contributed by atoms with E-state index in [0.717, 1.165) is 0 Å². The minimum atomic E-state index is -5.56. The standard InChI is InChI=1S/CH2F3NO3S/c2-1(3,4)9(6,7)8-5/h5H2/q+1. The summed E-state index contributed by atoms with van der Waals surface area (Å²) in [7, 11) is -5.56. The van der Waals surface area contributed by atoms with E-state index in [1.807, 2.05) is 0 Å². The summed E-state index contributed by atoms with van der Waals surface area (Å²) in [5.41, 5.74) is -5.43. The van der Waals surface area contributed by atoms with Gasteiger partial charge in [-0.25, -0.2) is 0 Å². The van der Waals surface area contributed by atoms with Crippen molar-refractivity contribution in [2.75, 3.05) is 0 Å². The molecule has 2 N–H and O–H groups in total. The van der Waals surface area contributed by atoms with E-state index in [1.54, 1.807) is 0 Å². The van der Waals surface area contributed by atoms with Crippen molar-refractivity contribution in [2.24, 2.45) is 5.90 Å². The molecule has 1 atom stereocenters. The van der Waals surface area contributed by atoms with Crippen LogP contribution in [-0.2, 0) is 23.5 Å². The predicted octanol–water partition coefficient (Wildman–Crippen LogP) is 0.157. The van der Waals surface area contributed by atoms with Crippen molar-refractivity contribution in [3.05, 3.63) is 0 Å². The number of nitrogens with two attached hydrogens (primary N) is 1. The normalized spacial score (nSPS) is 19.2. The Labute approximate surface area is 49.2 Å². The van der Waals surface area contributed by atoms with Crippen LogP contribution in [0, 0.1) is 0 Å². The Bertz CT molecular complexity index is 142. The molecule has 0 bridgehead atoms. The van der Waals surface area contributed by atoms with Crippen molar-refractivity contribution in [2.45, 2.75) is 5.51 Å². The van der Waals surface area contributed by atoms with Crippen LogP contribution in [-0.4, -0.2) is 5.51 Å². The van der Waals surface area contributed by atoms with Crippen LogP contribution in [0.5, 0.6) is 0 Å². The molecule has 1 radical (unpaired) electrons. The molecule has 0 aromatic heterocycles. The summed E-state index contributed by atoms with van der Waals surface area (Å²) >= 11 is 0. The smallest absolute Gasteiger partial charge is 0.160 e. The Morgan fingerprint density at radius 1 is 1.44 bits per heavy atom. The second-order valence-electron chi connectivity index (χ2n) is 0.996. The maximum atomic E-state index is 11.0. The molecular formula is CH2F3NO3S+. The lowest BCUT2D eigenvalue weighted by molar-refractivity contribution is -0.0664. The molecule has 0 saturated heterocycles. The zero-order valence-corrected chi connectivity index (χ0v) is 4.66. The third kappa shape index (κ3) is 1.90. The molecule has 0 aliphatic heterocycles. The highest BCUT2D eigenvalue weighted by Crippen LogP contribution is 2.28. The Hall–Kier alpha value is -0.180. The van der Waals surface area contributed by atoms with Gasteiger partial charge in [-0.2, -0.15) is 5.90 Å². The number of hydrogen-bond donors (Lipinski definition) is 1. The van der Waals surface area contributed by atoms with E-state index < -0.39 is 16.0 Å². The average Bonchev–Trinajstić information content (AvgIpc) is 1.64. The van der Waals surface area contributed by atoms with Crippen LogP contribution in [0.25, 0.3) is 0 Å². The molecule has 0 fully saturated rings. The summed E-state index contributed by atoms with van der Waals surface area (Å²) in [5.74, 6) is 3.78. The van der Waals surface area contributed by atoms with Gasteiger partial charge in [0.05, 0.1) is 4.55 Å². The van der Waals surface area contributed by atoms with Crippen LogP contribution in [0.1, 0.15) is 0 Å². The molecule has 0 aromatic rings. The fourth-order valence-electron chi connectivity index (χ4n) is 0.0546. The summed E-state index contributed by atoms with van der Waals surface area (Å²) in [6.07, 6.45) is 0. The highest BCUT2D eigenvalue weighted by atomic mass is 32.3. The topological polar surface area (TPSA) is 72.2 Å². The van der Waals surface area contributed by atoms with E-state index in [2.05, 4.69) is 10.2 Å². The van der Waals surface area contributed by atoms with Gasteiger partial charge in [0.2, 0.25) is 0 Å². The van der Waals surface area contributed by atoms with Gasteiger partial charge < -0.3 is 0 Å². The molecule has 0 amide bonds. The molecule has 0 rings (SSSR count). The van der Waals surface area contributed by atoms with Crippen LogP contribution in [0.15, 0.2) is 0 Å². The summed E-state index contributed by atoms with van der Waals surface area (Å²) in [4.78, 5) is 0. The zero-order chi connectivity index (χ0) is 7.71. The van der Waals surface area contributed by atoms with Crippen molar-refractivity contribution in [3.63, 3.8) is 0 Å². The first kappa shape index (κ1) is 8.82. The van der Waals surface area contributed by atoms with Crippen LogP contribution >= 0.6 is 0 Å². The summed E-state index contributed by atoms with van der Waals surface area (Å²) < 4.78 is 54.9. The van der Waals surface area contributed by atoms with Crippen molar-refractivity contribution < 1.29 is 26.2 Å². The molecular weight excluding hydrogens is 163 g/mol.